The van der Waals surface area contributed by atoms with Gasteiger partial charge >= 0.3 is 11.9 Å². The molecule has 17 heavy (non-hydrogen) atoms. The van der Waals surface area contributed by atoms with E-state index in [1.807, 2.05) is 0 Å². The normalized spacial score (nSPS) is 14.1. The Morgan fingerprint density at radius 3 is 2.53 bits per heavy atom. The zero-order chi connectivity index (χ0) is 13.3. The molecule has 0 rings (SSSR count). The van der Waals surface area contributed by atoms with E-state index in [0.29, 0.717) is 19.4 Å². The summed E-state index contributed by atoms with van der Waals surface area (Å²) in [5, 5.41) is 0. The second-order valence-corrected chi connectivity index (χ2v) is 3.80. The average molecular weight is 240 g/mol. The minimum Gasteiger partial charge on any atom is -0.463 e. The van der Waals surface area contributed by atoms with Crippen LogP contribution in [0.15, 0.2) is 24.8 Å². The van der Waals surface area contributed by atoms with E-state index in [0.717, 1.165) is 0 Å². The molecular formula is C13H20O4. The van der Waals surface area contributed by atoms with E-state index in [9.17, 15) is 9.59 Å². The van der Waals surface area contributed by atoms with E-state index in [1.54, 1.807) is 26.0 Å². The Morgan fingerprint density at radius 2 is 2.06 bits per heavy atom. The quantitative estimate of drug-likeness (QED) is 0.389. The number of allylic oxidation sites excluding steroid dienone is 1. The first-order valence-corrected chi connectivity index (χ1v) is 5.60. The number of ether oxygens (including phenoxy) is 2. The van der Waals surface area contributed by atoms with Crippen molar-refractivity contribution in [2.24, 2.45) is 0 Å². The highest BCUT2D eigenvalue weighted by Gasteiger charge is 2.22. The zero-order valence-corrected chi connectivity index (χ0v) is 10.7. The summed E-state index contributed by atoms with van der Waals surface area (Å²) >= 11 is 0. The average Bonchev–Trinajstić information content (AvgIpc) is 2.24. The van der Waals surface area contributed by atoms with Crippen LogP contribution in [0.25, 0.3) is 0 Å². The molecule has 0 fully saturated rings. The predicted octanol–water partition coefficient (Wildman–Crippen LogP) is 2.39. The second kappa shape index (κ2) is 7.65. The van der Waals surface area contributed by atoms with Crippen molar-refractivity contribution in [3.8, 4) is 0 Å². The van der Waals surface area contributed by atoms with Crippen LogP contribution in [0, 0.1) is 0 Å². The Morgan fingerprint density at radius 1 is 1.41 bits per heavy atom. The largest absolute Gasteiger partial charge is 0.463 e. The summed E-state index contributed by atoms with van der Waals surface area (Å²) < 4.78 is 9.87. The SMILES string of the molecule is C=C[C@@](C)(CC/C=C/C(=O)OCC)OC(C)=O. The van der Waals surface area contributed by atoms with Crippen LogP contribution in [-0.4, -0.2) is 24.1 Å². The van der Waals surface area contributed by atoms with Gasteiger partial charge in [-0.25, -0.2) is 4.79 Å². The number of hydrogen-bond acceptors (Lipinski definition) is 4. The number of carbonyl (C=O) groups is 2. The molecule has 0 aromatic heterocycles. The van der Waals surface area contributed by atoms with Crippen LogP contribution in [0.5, 0.6) is 0 Å². The number of hydrogen-bond donors (Lipinski definition) is 0. The van der Waals surface area contributed by atoms with Crippen LogP contribution in [-0.2, 0) is 19.1 Å². The molecule has 0 spiro atoms. The van der Waals surface area contributed by atoms with E-state index in [4.69, 9.17) is 9.47 Å². The maximum atomic E-state index is 11.0. The lowest BCUT2D eigenvalue weighted by atomic mass is 10.00. The number of carbonyl (C=O) groups excluding carboxylic acids is 2. The molecule has 0 aliphatic rings. The highest BCUT2D eigenvalue weighted by Crippen LogP contribution is 2.19. The summed E-state index contributed by atoms with van der Waals surface area (Å²) in [6.07, 6.45) is 5.84. The van der Waals surface area contributed by atoms with Crippen LogP contribution in [0.1, 0.15) is 33.6 Å². The van der Waals surface area contributed by atoms with Crippen molar-refractivity contribution < 1.29 is 19.1 Å². The summed E-state index contributed by atoms with van der Waals surface area (Å²) in [7, 11) is 0. The summed E-state index contributed by atoms with van der Waals surface area (Å²) in [5.74, 6) is -0.706. The summed E-state index contributed by atoms with van der Waals surface area (Å²) in [4.78, 5) is 21.9. The van der Waals surface area contributed by atoms with Gasteiger partial charge in [-0.15, -0.1) is 0 Å². The Balaban J connectivity index is 4.11. The lowest BCUT2D eigenvalue weighted by molar-refractivity contribution is -0.151. The van der Waals surface area contributed by atoms with E-state index >= 15 is 0 Å². The van der Waals surface area contributed by atoms with Gasteiger partial charge in [-0.1, -0.05) is 12.7 Å². The van der Waals surface area contributed by atoms with E-state index in [2.05, 4.69) is 6.58 Å². The third-order valence-electron chi connectivity index (χ3n) is 2.16. The van der Waals surface area contributed by atoms with E-state index < -0.39 is 5.60 Å². The van der Waals surface area contributed by atoms with Crippen molar-refractivity contribution >= 4 is 11.9 Å². The van der Waals surface area contributed by atoms with Gasteiger partial charge in [0.05, 0.1) is 6.61 Å². The first kappa shape index (κ1) is 15.4. The first-order valence-electron chi connectivity index (χ1n) is 5.60. The fourth-order valence-corrected chi connectivity index (χ4v) is 1.26. The molecule has 0 saturated carbocycles. The van der Waals surface area contributed by atoms with Gasteiger partial charge in [0.25, 0.3) is 0 Å². The smallest absolute Gasteiger partial charge is 0.330 e. The topological polar surface area (TPSA) is 52.6 Å². The van der Waals surface area contributed by atoms with Gasteiger partial charge in [0.1, 0.15) is 5.60 Å². The maximum absolute atomic E-state index is 11.0. The van der Waals surface area contributed by atoms with Crippen LogP contribution in [0.2, 0.25) is 0 Å². The molecule has 0 aromatic carbocycles. The molecule has 4 heteroatoms. The van der Waals surface area contributed by atoms with Crippen molar-refractivity contribution in [3.63, 3.8) is 0 Å². The Bertz CT molecular complexity index is 307. The minimum atomic E-state index is -0.690. The van der Waals surface area contributed by atoms with Gasteiger partial charge < -0.3 is 9.47 Å². The van der Waals surface area contributed by atoms with Crippen LogP contribution < -0.4 is 0 Å². The third kappa shape index (κ3) is 7.33. The van der Waals surface area contributed by atoms with Crippen molar-refractivity contribution in [1.82, 2.24) is 0 Å². The number of esters is 2. The van der Waals surface area contributed by atoms with E-state index in [-0.39, 0.29) is 11.9 Å². The molecule has 0 heterocycles. The predicted molar refractivity (Wildman–Crippen MR) is 65.4 cm³/mol. The van der Waals surface area contributed by atoms with Crippen molar-refractivity contribution in [3.05, 3.63) is 24.8 Å². The fourth-order valence-electron chi connectivity index (χ4n) is 1.26. The summed E-state index contributed by atoms with van der Waals surface area (Å²) in [6.45, 7) is 8.88. The van der Waals surface area contributed by atoms with Gasteiger partial charge in [-0.2, -0.15) is 0 Å². The minimum absolute atomic E-state index is 0.346. The molecule has 0 bridgehead atoms. The lowest BCUT2D eigenvalue weighted by Gasteiger charge is -2.24. The van der Waals surface area contributed by atoms with Gasteiger partial charge in [-0.3, -0.25) is 4.79 Å². The van der Waals surface area contributed by atoms with Crippen molar-refractivity contribution in [2.45, 2.75) is 39.2 Å². The molecule has 0 aliphatic carbocycles. The number of rotatable bonds is 7. The van der Waals surface area contributed by atoms with Crippen LogP contribution in [0.3, 0.4) is 0 Å². The molecule has 4 nitrogen and oxygen atoms in total. The molecule has 0 saturated heterocycles. The van der Waals surface area contributed by atoms with Gasteiger partial charge in [0.2, 0.25) is 0 Å². The molecule has 0 radical (unpaired) electrons. The van der Waals surface area contributed by atoms with Crippen molar-refractivity contribution in [1.29, 1.82) is 0 Å². The molecule has 1 atom stereocenters. The second-order valence-electron chi connectivity index (χ2n) is 3.80. The molecule has 0 N–H and O–H groups in total. The van der Waals surface area contributed by atoms with Crippen LogP contribution >= 0.6 is 0 Å². The summed E-state index contributed by atoms with van der Waals surface area (Å²) in [5.41, 5.74) is -0.690. The molecule has 96 valence electrons. The van der Waals surface area contributed by atoms with Crippen LogP contribution in [0.4, 0.5) is 0 Å². The van der Waals surface area contributed by atoms with Crippen molar-refractivity contribution in [2.75, 3.05) is 6.61 Å². The first-order chi connectivity index (χ1) is 7.93. The monoisotopic (exact) mass is 240 g/mol. The third-order valence-corrected chi connectivity index (χ3v) is 2.16. The Hall–Kier alpha value is -1.58. The molecule has 0 amide bonds. The Kier molecular flexibility index (Phi) is 6.94. The molecule has 0 unspecified atom stereocenters. The van der Waals surface area contributed by atoms with Gasteiger partial charge in [0, 0.05) is 13.0 Å². The lowest BCUT2D eigenvalue weighted by Crippen LogP contribution is -2.27. The Labute approximate surface area is 102 Å². The maximum Gasteiger partial charge on any atom is 0.330 e. The summed E-state index contributed by atoms with van der Waals surface area (Å²) in [6, 6.07) is 0. The molecule has 0 aromatic rings. The standard InChI is InChI=1S/C13H20O4/c1-5-13(4,17-11(3)14)10-8-7-9-12(15)16-6-2/h5,7,9H,1,6,8,10H2,2-4H3/b9-7+/t13-/m0/s1. The fraction of sp³-hybridized carbons (Fsp3) is 0.538. The van der Waals surface area contributed by atoms with Gasteiger partial charge in [0.15, 0.2) is 0 Å². The molecular weight excluding hydrogens is 220 g/mol. The van der Waals surface area contributed by atoms with Gasteiger partial charge in [-0.05, 0) is 32.8 Å². The molecule has 0 aliphatic heterocycles. The highest BCUT2D eigenvalue weighted by atomic mass is 16.6. The highest BCUT2D eigenvalue weighted by molar-refractivity contribution is 5.81. The van der Waals surface area contributed by atoms with E-state index in [1.165, 1.54) is 13.0 Å². The zero-order valence-electron chi connectivity index (χ0n) is 10.7.